The zero-order valence-corrected chi connectivity index (χ0v) is 11.3. The minimum Gasteiger partial charge on any atom is -0.351 e. The van der Waals surface area contributed by atoms with Crippen molar-refractivity contribution >= 4 is 22.7 Å². The van der Waals surface area contributed by atoms with E-state index in [2.05, 4.69) is 4.98 Å². The molecule has 0 spiro atoms. The van der Waals surface area contributed by atoms with Crippen LogP contribution in [-0.4, -0.2) is 28.4 Å². The normalized spacial score (nSPS) is 17.4. The van der Waals surface area contributed by atoms with E-state index in [1.807, 2.05) is 24.3 Å². The van der Waals surface area contributed by atoms with Gasteiger partial charge in [0.2, 0.25) is 5.91 Å². The molecule has 1 aliphatic rings. The topological polar surface area (TPSA) is 102 Å². The van der Waals surface area contributed by atoms with Gasteiger partial charge < -0.3 is 11.5 Å². The molecule has 1 aromatic heterocycles. The Morgan fingerprint density at radius 2 is 2.10 bits per heavy atom. The largest absolute Gasteiger partial charge is 0.351 e. The summed E-state index contributed by atoms with van der Waals surface area (Å²) in [4.78, 5) is 28.4. The van der Waals surface area contributed by atoms with Gasteiger partial charge in [0.15, 0.2) is 0 Å². The molecule has 1 saturated heterocycles. The maximum atomic E-state index is 12.1. The fourth-order valence-corrected chi connectivity index (χ4v) is 2.61. The van der Waals surface area contributed by atoms with Crippen LogP contribution in [-0.2, 0) is 4.79 Å². The zero-order valence-electron chi connectivity index (χ0n) is 11.3. The number of nitrogens with two attached hydrogens (primary N) is 2. The molecule has 3 rings (SSSR count). The Bertz CT molecular complexity index is 716. The number of urea groups is 1. The van der Waals surface area contributed by atoms with Crippen LogP contribution in [0, 0.1) is 5.92 Å². The number of benzene rings is 1. The van der Waals surface area contributed by atoms with Crippen molar-refractivity contribution in [3.8, 4) is 0 Å². The molecule has 2 heterocycles. The molecule has 2 aromatic rings. The summed E-state index contributed by atoms with van der Waals surface area (Å²) in [6, 6.07) is 6.39. The zero-order chi connectivity index (χ0) is 15.0. The Labute approximate surface area is 121 Å². The fraction of sp³-hybridized carbons (Fsp3) is 0.200. The van der Waals surface area contributed by atoms with Crippen LogP contribution in [0.5, 0.6) is 0 Å². The molecule has 4 N–H and O–H groups in total. The number of amides is 3. The summed E-state index contributed by atoms with van der Waals surface area (Å²) in [6.07, 6.45) is 3.93. The number of likely N-dealkylation sites (tertiary alicyclic amines) is 1. The molecular formula is C15H15N4O2. The quantitative estimate of drug-likeness (QED) is 0.862. The lowest BCUT2D eigenvalue weighted by atomic mass is 9.91. The highest BCUT2D eigenvalue weighted by molar-refractivity contribution is 6.04. The van der Waals surface area contributed by atoms with Crippen LogP contribution in [0.25, 0.3) is 10.8 Å². The van der Waals surface area contributed by atoms with E-state index >= 15 is 0 Å². The second-order valence-electron chi connectivity index (χ2n) is 5.03. The first-order chi connectivity index (χ1) is 10.1. The number of fused-ring (bicyclic) bond motifs is 1. The van der Waals surface area contributed by atoms with Crippen molar-refractivity contribution in [2.24, 2.45) is 11.5 Å². The number of pyridine rings is 1. The number of imide groups is 1. The number of hydrogen-bond acceptors (Lipinski definition) is 4. The average molecular weight is 283 g/mol. The Kier molecular flexibility index (Phi) is 3.31. The molecule has 3 amide bonds. The van der Waals surface area contributed by atoms with Crippen molar-refractivity contribution in [1.29, 1.82) is 0 Å². The standard InChI is InChI=1S/C15H15N4O2/c16-13(12-4-6-19(14(12)20)15(17)21)10-2-1-9-3-5-18-8-11(9)7-10/h1-3,5,7-8,13H,4,6,16H2,(H2,17,21). The number of carbonyl (C=O) groups is 2. The molecule has 0 aliphatic carbocycles. The van der Waals surface area contributed by atoms with Crippen LogP contribution in [0.2, 0.25) is 0 Å². The van der Waals surface area contributed by atoms with Crippen LogP contribution in [0.1, 0.15) is 18.0 Å². The smallest absolute Gasteiger partial charge is 0.321 e. The van der Waals surface area contributed by atoms with Crippen molar-refractivity contribution in [3.05, 3.63) is 48.1 Å². The number of rotatable bonds is 2. The Balaban J connectivity index is 1.88. The van der Waals surface area contributed by atoms with Crippen LogP contribution >= 0.6 is 0 Å². The van der Waals surface area contributed by atoms with Gasteiger partial charge in [-0.2, -0.15) is 0 Å². The Hall–Kier alpha value is -2.47. The molecule has 1 aromatic carbocycles. The van der Waals surface area contributed by atoms with Crippen molar-refractivity contribution < 1.29 is 9.59 Å². The van der Waals surface area contributed by atoms with Crippen molar-refractivity contribution in [2.45, 2.75) is 12.5 Å². The number of aromatic nitrogens is 1. The third-order valence-corrected chi connectivity index (χ3v) is 3.79. The molecule has 21 heavy (non-hydrogen) atoms. The van der Waals surface area contributed by atoms with Gasteiger partial charge in [0.1, 0.15) is 0 Å². The molecule has 1 aliphatic heterocycles. The van der Waals surface area contributed by atoms with Gasteiger partial charge in [0.05, 0.1) is 5.92 Å². The van der Waals surface area contributed by atoms with Crippen LogP contribution < -0.4 is 11.5 Å². The molecule has 6 nitrogen and oxygen atoms in total. The second kappa shape index (κ2) is 5.14. The first-order valence-corrected chi connectivity index (χ1v) is 6.64. The first kappa shape index (κ1) is 13.5. The summed E-state index contributed by atoms with van der Waals surface area (Å²) in [5.41, 5.74) is 12.2. The van der Waals surface area contributed by atoms with E-state index in [0.29, 0.717) is 18.9 Å². The van der Waals surface area contributed by atoms with E-state index in [-0.39, 0.29) is 5.91 Å². The van der Waals surface area contributed by atoms with E-state index in [9.17, 15) is 9.59 Å². The number of nitrogens with zero attached hydrogens (tertiary/aromatic N) is 2. The van der Waals surface area contributed by atoms with Crippen LogP contribution in [0.15, 0.2) is 36.7 Å². The summed E-state index contributed by atoms with van der Waals surface area (Å²) in [6.45, 7) is 0.298. The van der Waals surface area contributed by atoms with Gasteiger partial charge in [-0.05, 0) is 29.5 Å². The van der Waals surface area contributed by atoms with Gasteiger partial charge in [-0.1, -0.05) is 12.1 Å². The van der Waals surface area contributed by atoms with E-state index in [4.69, 9.17) is 11.5 Å². The second-order valence-corrected chi connectivity index (χ2v) is 5.03. The number of carbonyl (C=O) groups excluding carboxylic acids is 2. The maximum Gasteiger partial charge on any atom is 0.321 e. The van der Waals surface area contributed by atoms with Gasteiger partial charge in [-0.25, -0.2) is 4.79 Å². The average Bonchev–Trinajstić information content (AvgIpc) is 2.88. The predicted molar refractivity (Wildman–Crippen MR) is 77.8 cm³/mol. The van der Waals surface area contributed by atoms with E-state index < -0.39 is 12.1 Å². The molecular weight excluding hydrogens is 268 g/mol. The molecule has 0 bridgehead atoms. The molecule has 6 heteroatoms. The predicted octanol–water partition coefficient (Wildman–Crippen LogP) is 1.12. The lowest BCUT2D eigenvalue weighted by molar-refractivity contribution is -0.124. The summed E-state index contributed by atoms with van der Waals surface area (Å²) < 4.78 is 0. The lowest BCUT2D eigenvalue weighted by Crippen LogP contribution is -2.39. The highest BCUT2D eigenvalue weighted by Crippen LogP contribution is 2.32. The van der Waals surface area contributed by atoms with Gasteiger partial charge in [0, 0.05) is 30.4 Å². The number of primary amides is 1. The van der Waals surface area contributed by atoms with Crippen LogP contribution in [0.3, 0.4) is 0 Å². The monoisotopic (exact) mass is 283 g/mol. The summed E-state index contributed by atoms with van der Waals surface area (Å²) in [5.74, 6) is 0.137. The van der Waals surface area contributed by atoms with Gasteiger partial charge >= 0.3 is 6.03 Å². The molecule has 1 atom stereocenters. The maximum absolute atomic E-state index is 12.1. The minimum absolute atomic E-state index is 0.298. The third-order valence-electron chi connectivity index (χ3n) is 3.79. The SMILES string of the molecule is NC(=O)N1CC[C](C(N)c2ccc3ccncc3c2)C1=O. The van der Waals surface area contributed by atoms with Crippen molar-refractivity contribution in [1.82, 2.24) is 9.88 Å². The summed E-state index contributed by atoms with van der Waals surface area (Å²) in [7, 11) is 0. The van der Waals surface area contributed by atoms with Gasteiger partial charge in [0.25, 0.3) is 0 Å². The van der Waals surface area contributed by atoms with Gasteiger partial charge in [-0.15, -0.1) is 0 Å². The van der Waals surface area contributed by atoms with Crippen molar-refractivity contribution in [2.75, 3.05) is 6.54 Å². The van der Waals surface area contributed by atoms with Gasteiger partial charge in [-0.3, -0.25) is 14.7 Å². The highest BCUT2D eigenvalue weighted by Gasteiger charge is 2.39. The van der Waals surface area contributed by atoms with E-state index in [0.717, 1.165) is 21.2 Å². The third kappa shape index (κ3) is 2.34. The van der Waals surface area contributed by atoms with Crippen LogP contribution in [0.4, 0.5) is 4.79 Å². The highest BCUT2D eigenvalue weighted by atomic mass is 16.2. The molecule has 1 radical (unpaired) electrons. The molecule has 1 fully saturated rings. The molecule has 0 saturated carbocycles. The Morgan fingerprint density at radius 3 is 2.81 bits per heavy atom. The minimum atomic E-state index is -0.732. The van der Waals surface area contributed by atoms with E-state index in [1.54, 1.807) is 12.4 Å². The fourth-order valence-electron chi connectivity index (χ4n) is 2.61. The summed E-state index contributed by atoms with van der Waals surface area (Å²) in [5, 5.41) is 2.02. The van der Waals surface area contributed by atoms with Crippen molar-refractivity contribution in [3.63, 3.8) is 0 Å². The molecule has 107 valence electrons. The van der Waals surface area contributed by atoms with E-state index in [1.165, 1.54) is 0 Å². The lowest BCUT2D eigenvalue weighted by Gasteiger charge is -2.18. The summed E-state index contributed by atoms with van der Waals surface area (Å²) >= 11 is 0. The molecule has 1 unspecified atom stereocenters. The Morgan fingerprint density at radius 1 is 1.29 bits per heavy atom. The first-order valence-electron chi connectivity index (χ1n) is 6.64. The number of hydrogen-bond donors (Lipinski definition) is 2.